The topological polar surface area (TPSA) is 92.5 Å². The second-order valence-corrected chi connectivity index (χ2v) is 9.88. The molecular formula is C17H21N3O4S2. The van der Waals surface area contributed by atoms with Gasteiger partial charge in [-0.3, -0.25) is 4.79 Å². The van der Waals surface area contributed by atoms with Crippen LogP contribution in [0.4, 0.5) is 0 Å². The van der Waals surface area contributed by atoms with E-state index in [2.05, 4.69) is 10.5 Å². The summed E-state index contributed by atoms with van der Waals surface area (Å²) in [5.41, 5.74) is -0.00535. The van der Waals surface area contributed by atoms with Gasteiger partial charge in [-0.25, -0.2) is 8.42 Å². The molecule has 26 heavy (non-hydrogen) atoms. The highest BCUT2D eigenvalue weighted by Gasteiger charge is 2.41. The van der Waals surface area contributed by atoms with Gasteiger partial charge in [-0.15, -0.1) is 11.8 Å². The summed E-state index contributed by atoms with van der Waals surface area (Å²) < 4.78 is 33.0. The van der Waals surface area contributed by atoms with Crippen molar-refractivity contribution >= 4 is 27.7 Å². The number of hydrogen-bond acceptors (Lipinski definition) is 6. The molecule has 0 saturated carbocycles. The molecule has 1 aliphatic heterocycles. The van der Waals surface area contributed by atoms with Gasteiger partial charge in [0.05, 0.1) is 17.0 Å². The molecule has 2 heterocycles. The van der Waals surface area contributed by atoms with Crippen molar-refractivity contribution in [3.05, 3.63) is 36.5 Å². The zero-order valence-corrected chi connectivity index (χ0v) is 16.4. The number of rotatable bonds is 4. The van der Waals surface area contributed by atoms with Crippen LogP contribution < -0.4 is 5.32 Å². The summed E-state index contributed by atoms with van der Waals surface area (Å²) in [4.78, 5) is 12.7. The van der Waals surface area contributed by atoms with E-state index in [1.54, 1.807) is 24.3 Å². The lowest BCUT2D eigenvalue weighted by atomic mass is 10.1. The van der Waals surface area contributed by atoms with Crippen molar-refractivity contribution in [2.24, 2.45) is 0 Å². The van der Waals surface area contributed by atoms with Gasteiger partial charge in [0, 0.05) is 22.9 Å². The molecule has 1 saturated heterocycles. The molecule has 1 fully saturated rings. The van der Waals surface area contributed by atoms with Crippen LogP contribution in [-0.4, -0.2) is 47.0 Å². The quantitative estimate of drug-likeness (QED) is 0.854. The maximum Gasteiger partial charge on any atom is 0.245 e. The summed E-state index contributed by atoms with van der Waals surface area (Å²) in [5, 5.41) is 6.52. The highest BCUT2D eigenvalue weighted by atomic mass is 32.2. The molecule has 3 rings (SSSR count). The van der Waals surface area contributed by atoms with Crippen LogP contribution in [0.1, 0.15) is 20.8 Å². The van der Waals surface area contributed by atoms with Crippen LogP contribution >= 0.6 is 11.8 Å². The number of aromatic nitrogens is 1. The van der Waals surface area contributed by atoms with E-state index in [9.17, 15) is 13.2 Å². The van der Waals surface area contributed by atoms with E-state index in [4.69, 9.17) is 4.52 Å². The minimum atomic E-state index is -3.88. The van der Waals surface area contributed by atoms with Gasteiger partial charge in [0.25, 0.3) is 0 Å². The summed E-state index contributed by atoms with van der Waals surface area (Å²) in [5.74, 6) is 0.732. The fourth-order valence-electron chi connectivity index (χ4n) is 2.70. The molecule has 1 aliphatic rings. The van der Waals surface area contributed by atoms with Crippen LogP contribution in [0.25, 0.3) is 11.3 Å². The van der Waals surface area contributed by atoms with E-state index < -0.39 is 21.6 Å². The van der Waals surface area contributed by atoms with Crippen molar-refractivity contribution in [1.82, 2.24) is 14.8 Å². The van der Waals surface area contributed by atoms with Crippen molar-refractivity contribution in [3.63, 3.8) is 0 Å². The molecule has 0 bridgehead atoms. The summed E-state index contributed by atoms with van der Waals surface area (Å²) in [6.07, 6.45) is 1.46. The standard InChI is InChI=1S/C17H21N3O4S2/c1-17(2,3)19-16(21)13-10-25-11-20(13)26(22,23)15-7-5-4-6-12(15)14-8-9-18-24-14/h4-9,13H,10-11H2,1-3H3,(H,19,21). The molecule has 1 amide bonds. The molecule has 7 nitrogen and oxygen atoms in total. The van der Waals surface area contributed by atoms with Crippen LogP contribution in [0.15, 0.2) is 45.9 Å². The Morgan fingerprint density at radius 1 is 1.31 bits per heavy atom. The average Bonchev–Trinajstić information content (AvgIpc) is 3.25. The Morgan fingerprint density at radius 3 is 2.69 bits per heavy atom. The first-order chi connectivity index (χ1) is 12.2. The number of sulfonamides is 1. The molecule has 140 valence electrons. The van der Waals surface area contributed by atoms with Gasteiger partial charge in [-0.2, -0.15) is 4.31 Å². The number of benzene rings is 1. The minimum absolute atomic E-state index is 0.104. The second kappa shape index (κ2) is 7.05. The van der Waals surface area contributed by atoms with Crippen molar-refractivity contribution in [2.45, 2.75) is 37.2 Å². The van der Waals surface area contributed by atoms with Gasteiger partial charge in [0.2, 0.25) is 15.9 Å². The molecule has 2 aromatic rings. The van der Waals surface area contributed by atoms with E-state index in [1.807, 2.05) is 20.8 Å². The number of hydrogen-bond donors (Lipinski definition) is 1. The smallest absolute Gasteiger partial charge is 0.245 e. The largest absolute Gasteiger partial charge is 0.356 e. The third-order valence-electron chi connectivity index (χ3n) is 3.82. The van der Waals surface area contributed by atoms with Crippen LogP contribution in [0.2, 0.25) is 0 Å². The Kier molecular flexibility index (Phi) is 5.14. The Bertz CT molecular complexity index is 889. The number of nitrogens with one attached hydrogen (secondary N) is 1. The Hall–Kier alpha value is -1.84. The van der Waals surface area contributed by atoms with Crippen LogP contribution in [-0.2, 0) is 14.8 Å². The molecule has 0 aliphatic carbocycles. The van der Waals surface area contributed by atoms with Gasteiger partial charge in [0.1, 0.15) is 6.04 Å². The number of thioether (sulfide) groups is 1. The molecular weight excluding hydrogens is 374 g/mol. The van der Waals surface area contributed by atoms with Gasteiger partial charge >= 0.3 is 0 Å². The van der Waals surface area contributed by atoms with E-state index in [0.29, 0.717) is 17.1 Å². The summed E-state index contributed by atoms with van der Waals surface area (Å²) in [7, 11) is -3.88. The predicted octanol–water partition coefficient (Wildman–Crippen LogP) is 2.32. The van der Waals surface area contributed by atoms with Crippen LogP contribution in [0.5, 0.6) is 0 Å². The summed E-state index contributed by atoms with van der Waals surface area (Å²) >= 11 is 1.42. The second-order valence-electron chi connectivity index (χ2n) is 7.02. The van der Waals surface area contributed by atoms with Gasteiger partial charge < -0.3 is 9.84 Å². The SMILES string of the molecule is CC(C)(C)NC(=O)C1CSCN1S(=O)(=O)c1ccccc1-c1ccno1. The van der Waals surface area contributed by atoms with Crippen LogP contribution in [0.3, 0.4) is 0 Å². The number of carbonyl (C=O) groups is 1. The molecule has 1 N–H and O–H groups in total. The predicted molar refractivity (Wildman–Crippen MR) is 100.0 cm³/mol. The normalized spacial score (nSPS) is 18.8. The van der Waals surface area contributed by atoms with Crippen LogP contribution in [0, 0.1) is 0 Å². The van der Waals surface area contributed by atoms with Crippen molar-refractivity contribution in [3.8, 4) is 11.3 Å². The first kappa shape index (κ1) is 18.9. The Balaban J connectivity index is 1.97. The molecule has 9 heteroatoms. The monoisotopic (exact) mass is 395 g/mol. The number of carbonyl (C=O) groups excluding carboxylic acids is 1. The first-order valence-electron chi connectivity index (χ1n) is 8.12. The third-order valence-corrected chi connectivity index (χ3v) is 6.91. The van der Waals surface area contributed by atoms with Crippen molar-refractivity contribution in [1.29, 1.82) is 0 Å². The highest BCUT2D eigenvalue weighted by Crippen LogP contribution is 2.34. The Morgan fingerprint density at radius 2 is 2.04 bits per heavy atom. The lowest BCUT2D eigenvalue weighted by Gasteiger charge is -2.27. The molecule has 1 aromatic carbocycles. The highest BCUT2D eigenvalue weighted by molar-refractivity contribution is 8.00. The third kappa shape index (κ3) is 3.79. The minimum Gasteiger partial charge on any atom is -0.356 e. The van der Waals surface area contributed by atoms with E-state index >= 15 is 0 Å². The fraction of sp³-hybridized carbons (Fsp3) is 0.412. The average molecular weight is 396 g/mol. The lowest BCUT2D eigenvalue weighted by Crippen LogP contribution is -2.52. The van der Waals surface area contributed by atoms with E-state index in [0.717, 1.165) is 0 Å². The molecule has 0 radical (unpaired) electrons. The molecule has 0 spiro atoms. The summed E-state index contributed by atoms with van der Waals surface area (Å²) in [6, 6.07) is 7.44. The lowest BCUT2D eigenvalue weighted by molar-refractivity contribution is -0.125. The zero-order chi connectivity index (χ0) is 18.9. The van der Waals surface area contributed by atoms with E-state index in [1.165, 1.54) is 28.3 Å². The van der Waals surface area contributed by atoms with Crippen molar-refractivity contribution < 1.29 is 17.7 Å². The Labute approximate surface area is 157 Å². The molecule has 1 unspecified atom stereocenters. The van der Waals surface area contributed by atoms with Crippen molar-refractivity contribution in [2.75, 3.05) is 11.6 Å². The number of nitrogens with zero attached hydrogens (tertiary/aromatic N) is 2. The fourth-order valence-corrected chi connectivity index (χ4v) is 6.05. The maximum atomic E-state index is 13.3. The maximum absolute atomic E-state index is 13.3. The summed E-state index contributed by atoms with van der Waals surface area (Å²) in [6.45, 7) is 5.60. The number of amides is 1. The van der Waals surface area contributed by atoms with E-state index in [-0.39, 0.29) is 16.7 Å². The van der Waals surface area contributed by atoms with Gasteiger partial charge in [-0.1, -0.05) is 17.3 Å². The first-order valence-corrected chi connectivity index (χ1v) is 10.7. The van der Waals surface area contributed by atoms with Gasteiger partial charge in [0.15, 0.2) is 5.76 Å². The molecule has 1 aromatic heterocycles. The van der Waals surface area contributed by atoms with Gasteiger partial charge in [-0.05, 0) is 32.9 Å². The molecule has 1 atom stereocenters. The zero-order valence-electron chi connectivity index (χ0n) is 14.8.